The van der Waals surface area contributed by atoms with Gasteiger partial charge in [0.05, 0.1) is 4.88 Å². The van der Waals surface area contributed by atoms with Crippen LogP contribution in [0, 0.1) is 6.92 Å². The number of benzene rings is 1. The van der Waals surface area contributed by atoms with Crippen LogP contribution in [0.2, 0.25) is 0 Å². The molecule has 0 spiro atoms. The van der Waals surface area contributed by atoms with Crippen LogP contribution in [-0.2, 0) is 5.75 Å². The molecule has 3 aromatic heterocycles. The fourth-order valence-corrected chi connectivity index (χ4v) is 4.10. The number of nitrogen functional groups attached to an aromatic ring is 1. The highest BCUT2D eigenvalue weighted by Gasteiger charge is 2.14. The predicted octanol–water partition coefficient (Wildman–Crippen LogP) is 3.43. The van der Waals surface area contributed by atoms with Gasteiger partial charge in [-0.2, -0.15) is 0 Å². The molecule has 3 heterocycles. The molecule has 126 valence electrons. The van der Waals surface area contributed by atoms with Gasteiger partial charge in [0.25, 0.3) is 0 Å². The van der Waals surface area contributed by atoms with E-state index in [0.717, 1.165) is 21.4 Å². The maximum absolute atomic E-state index is 11.8. The van der Waals surface area contributed by atoms with Gasteiger partial charge in [0.15, 0.2) is 5.82 Å². The molecule has 0 aliphatic rings. The van der Waals surface area contributed by atoms with Crippen LogP contribution in [-0.4, -0.2) is 14.9 Å². The van der Waals surface area contributed by atoms with Crippen LogP contribution in [0.15, 0.2) is 56.1 Å². The molecule has 0 bridgehead atoms. The number of rotatable bonds is 4. The third kappa shape index (κ3) is 3.06. The third-order valence-corrected chi connectivity index (χ3v) is 5.61. The first kappa shape index (κ1) is 15.9. The second-order valence-corrected chi connectivity index (χ2v) is 7.42. The normalized spacial score (nSPS) is 11.2. The van der Waals surface area contributed by atoms with Gasteiger partial charge < -0.3 is 10.3 Å². The molecule has 8 heteroatoms. The summed E-state index contributed by atoms with van der Waals surface area (Å²) >= 11 is 2.99. The Kier molecular flexibility index (Phi) is 4.06. The second-order valence-electron chi connectivity index (χ2n) is 5.53. The fourth-order valence-electron chi connectivity index (χ4n) is 2.55. The van der Waals surface area contributed by atoms with Crippen molar-refractivity contribution < 1.29 is 4.42 Å². The van der Waals surface area contributed by atoms with Gasteiger partial charge in [0.2, 0.25) is 5.16 Å². The van der Waals surface area contributed by atoms with E-state index in [0.29, 0.717) is 22.3 Å². The average molecular weight is 370 g/mol. The summed E-state index contributed by atoms with van der Waals surface area (Å²) in [4.78, 5) is 12.8. The highest BCUT2D eigenvalue weighted by molar-refractivity contribution is 7.98. The molecule has 0 unspecified atom stereocenters. The van der Waals surface area contributed by atoms with Crippen molar-refractivity contribution in [2.75, 3.05) is 5.84 Å². The van der Waals surface area contributed by atoms with Crippen LogP contribution < -0.4 is 11.5 Å². The van der Waals surface area contributed by atoms with E-state index in [-0.39, 0.29) is 5.63 Å². The van der Waals surface area contributed by atoms with E-state index in [1.54, 1.807) is 11.3 Å². The summed E-state index contributed by atoms with van der Waals surface area (Å²) in [6.45, 7) is 1.96. The molecule has 2 N–H and O–H groups in total. The van der Waals surface area contributed by atoms with Crippen LogP contribution in [0.25, 0.3) is 21.7 Å². The molecule has 0 radical (unpaired) electrons. The van der Waals surface area contributed by atoms with Gasteiger partial charge in [-0.3, -0.25) is 0 Å². The van der Waals surface area contributed by atoms with E-state index in [1.165, 1.54) is 22.5 Å². The van der Waals surface area contributed by atoms with Gasteiger partial charge in [-0.15, -0.1) is 21.5 Å². The Bertz CT molecular complexity index is 1100. The Balaban J connectivity index is 1.64. The van der Waals surface area contributed by atoms with Crippen molar-refractivity contribution in [3.8, 4) is 10.7 Å². The summed E-state index contributed by atoms with van der Waals surface area (Å²) < 4.78 is 6.77. The van der Waals surface area contributed by atoms with E-state index in [4.69, 9.17) is 10.3 Å². The Hall–Kier alpha value is -2.58. The Morgan fingerprint density at radius 3 is 2.96 bits per heavy atom. The summed E-state index contributed by atoms with van der Waals surface area (Å²) in [6.07, 6.45) is 0. The van der Waals surface area contributed by atoms with Crippen LogP contribution in [0.1, 0.15) is 11.1 Å². The molecular formula is C17H14N4O2S2. The minimum absolute atomic E-state index is 0.359. The second kappa shape index (κ2) is 6.38. The van der Waals surface area contributed by atoms with Gasteiger partial charge in [-0.1, -0.05) is 30.0 Å². The maximum Gasteiger partial charge on any atom is 0.336 e. The van der Waals surface area contributed by atoms with Crippen LogP contribution >= 0.6 is 23.1 Å². The molecule has 0 atom stereocenters. The summed E-state index contributed by atoms with van der Waals surface area (Å²) in [5.74, 6) is 7.30. The smallest absolute Gasteiger partial charge is 0.336 e. The van der Waals surface area contributed by atoms with Crippen molar-refractivity contribution in [2.24, 2.45) is 0 Å². The summed E-state index contributed by atoms with van der Waals surface area (Å²) in [7, 11) is 0. The summed E-state index contributed by atoms with van der Waals surface area (Å²) in [5, 5.41) is 11.8. The number of nitrogens with zero attached hydrogens (tertiary/aromatic N) is 3. The molecule has 0 saturated heterocycles. The summed E-state index contributed by atoms with van der Waals surface area (Å²) in [6, 6.07) is 11.2. The number of fused-ring (bicyclic) bond motifs is 1. The molecule has 4 rings (SSSR count). The summed E-state index contributed by atoms with van der Waals surface area (Å²) in [5.41, 5.74) is 2.17. The molecule has 0 saturated carbocycles. The number of thioether (sulfide) groups is 1. The molecule has 4 aromatic rings. The van der Waals surface area contributed by atoms with Crippen molar-refractivity contribution in [1.29, 1.82) is 0 Å². The predicted molar refractivity (Wildman–Crippen MR) is 100 cm³/mol. The van der Waals surface area contributed by atoms with Gasteiger partial charge in [0.1, 0.15) is 5.58 Å². The highest BCUT2D eigenvalue weighted by atomic mass is 32.2. The average Bonchev–Trinajstić information content (AvgIpc) is 3.21. The first-order valence-electron chi connectivity index (χ1n) is 7.52. The lowest BCUT2D eigenvalue weighted by Gasteiger charge is -2.06. The minimum atomic E-state index is -0.359. The molecule has 0 fully saturated rings. The van der Waals surface area contributed by atoms with Crippen molar-refractivity contribution >= 4 is 34.1 Å². The number of hydrogen-bond donors (Lipinski definition) is 1. The van der Waals surface area contributed by atoms with Crippen LogP contribution in [0.3, 0.4) is 0 Å². The zero-order chi connectivity index (χ0) is 17.4. The number of thiophene rings is 1. The number of aromatic nitrogens is 3. The van der Waals surface area contributed by atoms with Gasteiger partial charge in [-0.05, 0) is 35.6 Å². The molecular weight excluding hydrogens is 356 g/mol. The Morgan fingerprint density at radius 2 is 2.16 bits per heavy atom. The van der Waals surface area contributed by atoms with E-state index in [1.807, 2.05) is 42.6 Å². The fraction of sp³-hybridized carbons (Fsp3) is 0.118. The zero-order valence-corrected chi connectivity index (χ0v) is 14.9. The zero-order valence-electron chi connectivity index (χ0n) is 13.3. The number of hydrogen-bond acceptors (Lipinski definition) is 7. The lowest BCUT2D eigenvalue weighted by molar-refractivity contribution is 0.559. The minimum Gasteiger partial charge on any atom is -0.423 e. The Labute approximate surface area is 151 Å². The SMILES string of the molecule is Cc1ccc2c(CSc3nnc(-c4cccs4)n3N)cc(=O)oc2c1. The molecule has 0 aliphatic carbocycles. The van der Waals surface area contributed by atoms with Crippen molar-refractivity contribution in [1.82, 2.24) is 14.9 Å². The van der Waals surface area contributed by atoms with Gasteiger partial charge in [0, 0.05) is 17.2 Å². The monoisotopic (exact) mass is 370 g/mol. The van der Waals surface area contributed by atoms with Crippen molar-refractivity contribution in [2.45, 2.75) is 17.8 Å². The molecule has 0 aliphatic heterocycles. The molecule has 0 amide bonds. The third-order valence-electron chi connectivity index (χ3n) is 3.75. The molecule has 6 nitrogen and oxygen atoms in total. The van der Waals surface area contributed by atoms with E-state index < -0.39 is 0 Å². The maximum atomic E-state index is 11.8. The van der Waals surface area contributed by atoms with E-state index in [2.05, 4.69) is 10.2 Å². The first-order valence-corrected chi connectivity index (χ1v) is 9.39. The lowest BCUT2D eigenvalue weighted by atomic mass is 10.1. The molecule has 1 aromatic carbocycles. The van der Waals surface area contributed by atoms with E-state index in [9.17, 15) is 4.79 Å². The molecule has 25 heavy (non-hydrogen) atoms. The lowest BCUT2D eigenvalue weighted by Crippen LogP contribution is -2.11. The van der Waals surface area contributed by atoms with Crippen molar-refractivity contribution in [3.63, 3.8) is 0 Å². The van der Waals surface area contributed by atoms with Gasteiger partial charge >= 0.3 is 5.63 Å². The number of nitrogens with two attached hydrogens (primary N) is 1. The quantitative estimate of drug-likeness (QED) is 0.336. The standard InChI is InChI=1S/C17H14N4O2S2/c1-10-4-5-12-11(8-15(22)23-13(12)7-10)9-25-17-20-19-16(21(17)18)14-3-2-6-24-14/h2-8H,9,18H2,1H3. The number of aryl methyl sites for hydroxylation is 1. The van der Waals surface area contributed by atoms with Crippen LogP contribution in [0.5, 0.6) is 0 Å². The van der Waals surface area contributed by atoms with E-state index >= 15 is 0 Å². The van der Waals surface area contributed by atoms with Crippen LogP contribution in [0.4, 0.5) is 0 Å². The highest BCUT2D eigenvalue weighted by Crippen LogP contribution is 2.28. The largest absolute Gasteiger partial charge is 0.423 e. The topological polar surface area (TPSA) is 86.9 Å². The Morgan fingerprint density at radius 1 is 1.28 bits per heavy atom. The van der Waals surface area contributed by atoms with Gasteiger partial charge in [-0.25, -0.2) is 9.47 Å². The van der Waals surface area contributed by atoms with Crippen molar-refractivity contribution in [3.05, 3.63) is 63.3 Å². The first-order chi connectivity index (χ1) is 12.1.